The van der Waals surface area contributed by atoms with Gasteiger partial charge in [-0.15, -0.1) is 11.8 Å². The molecule has 1 aliphatic heterocycles. The Balaban J connectivity index is 2.00. The number of benzene rings is 1. The molecule has 0 saturated heterocycles. The van der Waals surface area contributed by atoms with Gasteiger partial charge in [-0.3, -0.25) is 9.59 Å². The van der Waals surface area contributed by atoms with Crippen molar-refractivity contribution in [1.29, 1.82) is 0 Å². The normalized spacial score (nSPS) is 17.8. The minimum absolute atomic E-state index is 0.0829. The standard InChI is InChI=1S/C16H19ClN2O4S/c1-8(2)5-11(16(22)23)18-14(20)7-13-15(21)19-10-6-9(17)3-4-12(10)24-13/h3-4,6,8,11,13H,5,7H2,1-2H3,(H,18,20)(H,19,21)(H,22,23)/t11-,13?/m1/s1. The molecule has 0 spiro atoms. The van der Waals surface area contributed by atoms with Crippen molar-refractivity contribution in [3.05, 3.63) is 23.2 Å². The molecule has 0 fully saturated rings. The van der Waals surface area contributed by atoms with Crippen LogP contribution in [0, 0.1) is 5.92 Å². The van der Waals surface area contributed by atoms with Crippen LogP contribution in [0.3, 0.4) is 0 Å². The molecule has 3 N–H and O–H groups in total. The molecule has 1 aromatic carbocycles. The number of amides is 2. The highest BCUT2D eigenvalue weighted by molar-refractivity contribution is 8.01. The van der Waals surface area contributed by atoms with Crippen molar-refractivity contribution in [3.8, 4) is 0 Å². The molecule has 0 aromatic heterocycles. The third-order valence-electron chi connectivity index (χ3n) is 3.47. The number of carboxylic acid groups (broad SMARTS) is 1. The van der Waals surface area contributed by atoms with Gasteiger partial charge in [-0.1, -0.05) is 25.4 Å². The van der Waals surface area contributed by atoms with E-state index in [1.165, 1.54) is 11.8 Å². The van der Waals surface area contributed by atoms with Crippen LogP contribution in [0.5, 0.6) is 0 Å². The summed E-state index contributed by atoms with van der Waals surface area (Å²) in [5.74, 6) is -1.68. The Morgan fingerprint density at radius 3 is 2.75 bits per heavy atom. The van der Waals surface area contributed by atoms with Crippen LogP contribution < -0.4 is 10.6 Å². The molecule has 0 bridgehead atoms. The van der Waals surface area contributed by atoms with Crippen LogP contribution >= 0.6 is 23.4 Å². The van der Waals surface area contributed by atoms with Crippen molar-refractivity contribution in [3.63, 3.8) is 0 Å². The molecule has 6 nitrogen and oxygen atoms in total. The summed E-state index contributed by atoms with van der Waals surface area (Å²) in [5.41, 5.74) is 0.623. The van der Waals surface area contributed by atoms with E-state index < -0.39 is 23.2 Å². The van der Waals surface area contributed by atoms with Crippen LogP contribution in [0.25, 0.3) is 0 Å². The van der Waals surface area contributed by atoms with Gasteiger partial charge in [-0.2, -0.15) is 0 Å². The Hall–Kier alpha value is -1.73. The van der Waals surface area contributed by atoms with Gasteiger partial charge in [0.05, 0.1) is 10.9 Å². The number of fused-ring (bicyclic) bond motifs is 1. The maximum atomic E-state index is 12.1. The third-order valence-corrected chi connectivity index (χ3v) is 4.98. The number of carbonyl (C=O) groups excluding carboxylic acids is 2. The van der Waals surface area contributed by atoms with Gasteiger partial charge >= 0.3 is 5.97 Å². The number of carbonyl (C=O) groups is 3. The summed E-state index contributed by atoms with van der Waals surface area (Å²) in [6, 6.07) is 4.21. The summed E-state index contributed by atoms with van der Waals surface area (Å²) in [7, 11) is 0. The monoisotopic (exact) mass is 370 g/mol. The van der Waals surface area contributed by atoms with E-state index in [1.807, 2.05) is 13.8 Å². The maximum Gasteiger partial charge on any atom is 0.326 e. The number of hydrogen-bond donors (Lipinski definition) is 3. The van der Waals surface area contributed by atoms with Crippen LogP contribution in [-0.2, 0) is 14.4 Å². The van der Waals surface area contributed by atoms with Gasteiger partial charge in [0.25, 0.3) is 0 Å². The lowest BCUT2D eigenvalue weighted by Crippen LogP contribution is -2.43. The SMILES string of the molecule is CC(C)C[C@@H](NC(=O)CC1Sc2ccc(Cl)cc2NC1=O)C(=O)O. The van der Waals surface area contributed by atoms with Gasteiger partial charge < -0.3 is 15.7 Å². The fraction of sp³-hybridized carbons (Fsp3) is 0.438. The Morgan fingerprint density at radius 1 is 1.42 bits per heavy atom. The Bertz CT molecular complexity index is 665. The first-order valence-corrected chi connectivity index (χ1v) is 8.81. The highest BCUT2D eigenvalue weighted by Gasteiger charge is 2.30. The Labute approximate surface area is 149 Å². The van der Waals surface area contributed by atoms with Crippen LogP contribution in [0.15, 0.2) is 23.1 Å². The lowest BCUT2D eigenvalue weighted by Gasteiger charge is -2.24. The second-order valence-corrected chi connectivity index (χ2v) is 7.71. The number of thioether (sulfide) groups is 1. The second-order valence-electron chi connectivity index (χ2n) is 6.03. The van der Waals surface area contributed by atoms with Crippen molar-refractivity contribution in [1.82, 2.24) is 5.32 Å². The second kappa shape index (κ2) is 7.90. The Kier molecular flexibility index (Phi) is 6.12. The average molecular weight is 371 g/mol. The van der Waals surface area contributed by atoms with Gasteiger partial charge in [0.15, 0.2) is 0 Å². The maximum absolute atomic E-state index is 12.1. The van der Waals surface area contributed by atoms with Gasteiger partial charge in [0.2, 0.25) is 11.8 Å². The van der Waals surface area contributed by atoms with Crippen LogP contribution in [-0.4, -0.2) is 34.2 Å². The van der Waals surface area contributed by atoms with Crippen molar-refractivity contribution in [2.24, 2.45) is 5.92 Å². The fourth-order valence-electron chi connectivity index (χ4n) is 2.37. The molecule has 0 saturated carbocycles. The van der Waals surface area contributed by atoms with Crippen LogP contribution in [0.2, 0.25) is 5.02 Å². The zero-order valence-corrected chi connectivity index (χ0v) is 14.9. The van der Waals surface area contributed by atoms with E-state index in [0.29, 0.717) is 17.1 Å². The summed E-state index contributed by atoms with van der Waals surface area (Å²) >= 11 is 7.17. The predicted octanol–water partition coefficient (Wildman–Crippen LogP) is 2.76. The van der Waals surface area contributed by atoms with Gasteiger partial charge in [0, 0.05) is 16.3 Å². The summed E-state index contributed by atoms with van der Waals surface area (Å²) in [4.78, 5) is 36.3. The lowest BCUT2D eigenvalue weighted by atomic mass is 10.0. The van der Waals surface area contributed by atoms with E-state index in [4.69, 9.17) is 11.6 Å². The van der Waals surface area contributed by atoms with Crippen LogP contribution in [0.4, 0.5) is 5.69 Å². The minimum Gasteiger partial charge on any atom is -0.480 e. The number of halogens is 1. The summed E-state index contributed by atoms with van der Waals surface area (Å²) in [6.45, 7) is 3.77. The highest BCUT2D eigenvalue weighted by atomic mass is 35.5. The topological polar surface area (TPSA) is 95.5 Å². The van der Waals surface area contributed by atoms with E-state index in [0.717, 1.165) is 4.90 Å². The average Bonchev–Trinajstić information content (AvgIpc) is 2.47. The van der Waals surface area contributed by atoms with Gasteiger partial charge in [0.1, 0.15) is 6.04 Å². The molecule has 2 rings (SSSR count). The van der Waals surface area contributed by atoms with Gasteiger partial charge in [-0.05, 0) is 30.5 Å². The zero-order valence-electron chi connectivity index (χ0n) is 13.3. The van der Waals surface area contributed by atoms with E-state index >= 15 is 0 Å². The molecule has 0 radical (unpaired) electrons. The van der Waals surface area contributed by atoms with Gasteiger partial charge in [-0.25, -0.2) is 4.79 Å². The van der Waals surface area contributed by atoms with E-state index in [1.54, 1.807) is 18.2 Å². The number of anilines is 1. The number of hydrogen-bond acceptors (Lipinski definition) is 4. The first-order chi connectivity index (χ1) is 11.3. The van der Waals surface area contributed by atoms with Crippen molar-refractivity contribution in [2.45, 2.75) is 42.9 Å². The van der Waals surface area contributed by atoms with Crippen molar-refractivity contribution >= 4 is 46.8 Å². The number of carboxylic acids is 1. The molecule has 1 aliphatic rings. The molecular weight excluding hydrogens is 352 g/mol. The molecule has 2 amide bonds. The smallest absolute Gasteiger partial charge is 0.326 e. The lowest BCUT2D eigenvalue weighted by molar-refractivity contribution is -0.142. The Morgan fingerprint density at radius 2 is 2.12 bits per heavy atom. The van der Waals surface area contributed by atoms with Crippen LogP contribution in [0.1, 0.15) is 26.7 Å². The molecule has 1 aromatic rings. The minimum atomic E-state index is -1.07. The molecule has 130 valence electrons. The number of aliphatic carboxylic acids is 1. The molecule has 24 heavy (non-hydrogen) atoms. The molecule has 1 unspecified atom stereocenters. The first kappa shape index (κ1) is 18.6. The predicted molar refractivity (Wildman–Crippen MR) is 93.4 cm³/mol. The zero-order chi connectivity index (χ0) is 17.9. The third kappa shape index (κ3) is 4.88. The number of nitrogens with one attached hydrogen (secondary N) is 2. The summed E-state index contributed by atoms with van der Waals surface area (Å²) in [6.07, 6.45) is 0.257. The van der Waals surface area contributed by atoms with Crippen molar-refractivity contribution in [2.75, 3.05) is 5.32 Å². The van der Waals surface area contributed by atoms with Crippen molar-refractivity contribution < 1.29 is 19.5 Å². The number of rotatable bonds is 6. The molecule has 0 aliphatic carbocycles. The van der Waals surface area contributed by atoms with E-state index in [2.05, 4.69) is 10.6 Å². The molecule has 8 heteroatoms. The quantitative estimate of drug-likeness (QED) is 0.715. The summed E-state index contributed by atoms with van der Waals surface area (Å²) in [5, 5.41) is 14.3. The first-order valence-electron chi connectivity index (χ1n) is 7.55. The van der Waals surface area contributed by atoms with E-state index in [-0.39, 0.29) is 18.2 Å². The molecule has 1 heterocycles. The largest absolute Gasteiger partial charge is 0.480 e. The summed E-state index contributed by atoms with van der Waals surface area (Å²) < 4.78 is 0. The molecular formula is C16H19ClN2O4S. The molecule has 2 atom stereocenters. The highest BCUT2D eigenvalue weighted by Crippen LogP contribution is 2.38. The van der Waals surface area contributed by atoms with E-state index in [9.17, 15) is 19.5 Å². The fourth-order valence-corrected chi connectivity index (χ4v) is 3.63.